The number of ether oxygens (including phenoxy) is 3. The molecule has 0 radical (unpaired) electrons. The molecule has 3 rings (SSSR count). The van der Waals surface area contributed by atoms with Crippen LogP contribution in [0.5, 0.6) is 17.2 Å². The van der Waals surface area contributed by atoms with Gasteiger partial charge in [-0.3, -0.25) is 9.59 Å². The number of methoxy groups -OCH3 is 1. The number of carbonyl (C=O) groups is 2. The molecule has 124 valence electrons. The number of amides is 2. The Balaban J connectivity index is 1.80. The minimum absolute atomic E-state index is 0.139. The predicted octanol–water partition coefficient (Wildman–Crippen LogP) is 0.865. The zero-order valence-corrected chi connectivity index (χ0v) is 13.0. The summed E-state index contributed by atoms with van der Waals surface area (Å²) >= 11 is 0. The van der Waals surface area contributed by atoms with Crippen molar-refractivity contribution in [3.8, 4) is 17.2 Å². The topological polar surface area (TPSA) is 85.9 Å². The summed E-state index contributed by atoms with van der Waals surface area (Å²) < 4.78 is 16.3. The Labute approximate surface area is 134 Å². The number of benzene rings is 1. The van der Waals surface area contributed by atoms with Gasteiger partial charge in [0, 0.05) is 12.1 Å². The molecular weight excluding hydrogens is 300 g/mol. The maximum atomic E-state index is 12.5. The highest BCUT2D eigenvalue weighted by molar-refractivity contribution is 5.98. The Morgan fingerprint density at radius 2 is 2.13 bits per heavy atom. The Bertz CT molecular complexity index is 599. The molecule has 2 heterocycles. The number of nitrogens with one attached hydrogen (secondary N) is 2. The highest BCUT2D eigenvalue weighted by atomic mass is 16.6. The number of carbonyl (C=O) groups excluding carboxylic acids is 2. The highest BCUT2D eigenvalue weighted by Gasteiger charge is 2.25. The molecule has 0 saturated carbocycles. The average molecular weight is 320 g/mol. The van der Waals surface area contributed by atoms with Crippen LogP contribution in [0.15, 0.2) is 12.1 Å². The van der Waals surface area contributed by atoms with Crippen LogP contribution in [0.4, 0.5) is 0 Å². The molecular formula is C16H20N2O5. The molecule has 0 spiro atoms. The van der Waals surface area contributed by atoms with E-state index in [1.807, 2.05) is 0 Å². The summed E-state index contributed by atoms with van der Waals surface area (Å²) in [6.45, 7) is 1.52. The van der Waals surface area contributed by atoms with E-state index in [1.54, 1.807) is 12.1 Å². The summed E-state index contributed by atoms with van der Waals surface area (Å²) in [5.41, 5.74) is 0.378. The standard InChI is InChI=1S/C16H20N2O5/c1-21-12-8-10(9-13-14(12)23-7-6-22-13)15(19)18-11-4-2-3-5-17-16(11)20/h8-9,11H,2-7H2,1H3,(H,17,20)(H,18,19). The van der Waals surface area contributed by atoms with Crippen molar-refractivity contribution in [1.29, 1.82) is 0 Å². The third-order valence-electron chi connectivity index (χ3n) is 3.93. The zero-order chi connectivity index (χ0) is 16.2. The highest BCUT2D eigenvalue weighted by Crippen LogP contribution is 2.40. The molecule has 1 saturated heterocycles. The van der Waals surface area contributed by atoms with E-state index >= 15 is 0 Å². The first kappa shape index (κ1) is 15.5. The van der Waals surface area contributed by atoms with E-state index in [2.05, 4.69) is 10.6 Å². The molecule has 1 aromatic rings. The second kappa shape index (κ2) is 6.76. The van der Waals surface area contributed by atoms with Crippen molar-refractivity contribution in [2.24, 2.45) is 0 Å². The van der Waals surface area contributed by atoms with E-state index in [-0.39, 0.29) is 11.8 Å². The SMILES string of the molecule is COc1cc(C(=O)NC2CCCCNC2=O)cc2c1OCCO2. The van der Waals surface area contributed by atoms with Gasteiger partial charge in [0.1, 0.15) is 19.3 Å². The van der Waals surface area contributed by atoms with Gasteiger partial charge in [0.2, 0.25) is 11.7 Å². The lowest BCUT2D eigenvalue weighted by atomic mass is 10.1. The first-order valence-electron chi connectivity index (χ1n) is 7.75. The number of fused-ring (bicyclic) bond motifs is 1. The molecule has 1 atom stereocenters. The molecule has 2 amide bonds. The molecule has 1 aromatic carbocycles. The Kier molecular flexibility index (Phi) is 4.55. The summed E-state index contributed by atoms with van der Waals surface area (Å²) in [5, 5.41) is 5.58. The van der Waals surface area contributed by atoms with Crippen LogP contribution in [0.25, 0.3) is 0 Å². The molecule has 2 N–H and O–H groups in total. The fourth-order valence-electron chi connectivity index (χ4n) is 2.72. The van der Waals surface area contributed by atoms with Gasteiger partial charge in [-0.1, -0.05) is 0 Å². The van der Waals surface area contributed by atoms with Gasteiger partial charge in [-0.25, -0.2) is 0 Å². The summed E-state index contributed by atoms with van der Waals surface area (Å²) in [5.74, 6) is 0.953. The second-order valence-electron chi connectivity index (χ2n) is 5.52. The summed E-state index contributed by atoms with van der Waals surface area (Å²) in [7, 11) is 1.51. The van der Waals surface area contributed by atoms with Crippen LogP contribution in [-0.4, -0.2) is 44.7 Å². The van der Waals surface area contributed by atoms with E-state index in [4.69, 9.17) is 14.2 Å². The van der Waals surface area contributed by atoms with Gasteiger partial charge in [-0.2, -0.15) is 0 Å². The molecule has 1 fully saturated rings. The molecule has 2 aliphatic heterocycles. The summed E-state index contributed by atoms with van der Waals surface area (Å²) in [4.78, 5) is 24.4. The van der Waals surface area contributed by atoms with Crippen LogP contribution in [-0.2, 0) is 4.79 Å². The van der Waals surface area contributed by atoms with Gasteiger partial charge in [0.25, 0.3) is 5.91 Å². The van der Waals surface area contributed by atoms with Crippen LogP contribution in [0.2, 0.25) is 0 Å². The molecule has 7 nitrogen and oxygen atoms in total. The molecule has 7 heteroatoms. The molecule has 2 aliphatic rings. The molecule has 1 unspecified atom stereocenters. The summed E-state index contributed by atoms with van der Waals surface area (Å²) in [6, 6.07) is 2.70. The third kappa shape index (κ3) is 3.33. The minimum atomic E-state index is -0.510. The predicted molar refractivity (Wildman–Crippen MR) is 82.1 cm³/mol. The maximum Gasteiger partial charge on any atom is 0.252 e. The van der Waals surface area contributed by atoms with Crippen molar-refractivity contribution in [1.82, 2.24) is 10.6 Å². The molecule has 0 aromatic heterocycles. The van der Waals surface area contributed by atoms with Crippen LogP contribution in [0.3, 0.4) is 0 Å². The lowest BCUT2D eigenvalue weighted by Gasteiger charge is -2.22. The number of hydrogen-bond donors (Lipinski definition) is 2. The van der Waals surface area contributed by atoms with Gasteiger partial charge in [0.15, 0.2) is 11.5 Å². The van der Waals surface area contributed by atoms with E-state index in [0.29, 0.717) is 49.0 Å². The maximum absolute atomic E-state index is 12.5. The first-order valence-corrected chi connectivity index (χ1v) is 7.75. The van der Waals surface area contributed by atoms with Crippen molar-refractivity contribution in [2.75, 3.05) is 26.9 Å². The minimum Gasteiger partial charge on any atom is -0.493 e. The van der Waals surface area contributed by atoms with Crippen molar-refractivity contribution in [3.05, 3.63) is 17.7 Å². The lowest BCUT2D eigenvalue weighted by molar-refractivity contribution is -0.122. The third-order valence-corrected chi connectivity index (χ3v) is 3.93. The van der Waals surface area contributed by atoms with E-state index in [9.17, 15) is 9.59 Å². The van der Waals surface area contributed by atoms with Crippen LogP contribution >= 0.6 is 0 Å². The van der Waals surface area contributed by atoms with Gasteiger partial charge >= 0.3 is 0 Å². The van der Waals surface area contributed by atoms with Crippen molar-refractivity contribution >= 4 is 11.8 Å². The zero-order valence-electron chi connectivity index (χ0n) is 13.0. The molecule has 0 bridgehead atoms. The second-order valence-corrected chi connectivity index (χ2v) is 5.52. The Hall–Kier alpha value is -2.44. The number of hydrogen-bond acceptors (Lipinski definition) is 5. The van der Waals surface area contributed by atoms with E-state index in [1.165, 1.54) is 7.11 Å². The fourth-order valence-corrected chi connectivity index (χ4v) is 2.72. The van der Waals surface area contributed by atoms with E-state index in [0.717, 1.165) is 12.8 Å². The van der Waals surface area contributed by atoms with Crippen LogP contribution in [0.1, 0.15) is 29.6 Å². The quantitative estimate of drug-likeness (QED) is 0.863. The average Bonchev–Trinajstić information content (AvgIpc) is 2.78. The molecule has 23 heavy (non-hydrogen) atoms. The smallest absolute Gasteiger partial charge is 0.252 e. The van der Waals surface area contributed by atoms with Crippen LogP contribution in [0, 0.1) is 0 Å². The normalized spacial score (nSPS) is 20.2. The Morgan fingerprint density at radius 3 is 2.96 bits per heavy atom. The van der Waals surface area contributed by atoms with Crippen molar-refractivity contribution < 1.29 is 23.8 Å². The first-order chi connectivity index (χ1) is 11.2. The number of rotatable bonds is 3. The largest absolute Gasteiger partial charge is 0.493 e. The molecule has 0 aliphatic carbocycles. The monoisotopic (exact) mass is 320 g/mol. The van der Waals surface area contributed by atoms with Crippen LogP contribution < -0.4 is 24.8 Å². The van der Waals surface area contributed by atoms with Crippen molar-refractivity contribution in [3.63, 3.8) is 0 Å². The fraction of sp³-hybridized carbons (Fsp3) is 0.500. The Morgan fingerprint density at radius 1 is 1.30 bits per heavy atom. The summed E-state index contributed by atoms with van der Waals surface area (Å²) in [6.07, 6.45) is 2.46. The van der Waals surface area contributed by atoms with Gasteiger partial charge < -0.3 is 24.8 Å². The van der Waals surface area contributed by atoms with Gasteiger partial charge in [-0.05, 0) is 31.4 Å². The van der Waals surface area contributed by atoms with E-state index < -0.39 is 6.04 Å². The van der Waals surface area contributed by atoms with Gasteiger partial charge in [0.05, 0.1) is 7.11 Å². The van der Waals surface area contributed by atoms with Crippen molar-refractivity contribution in [2.45, 2.75) is 25.3 Å². The lowest BCUT2D eigenvalue weighted by Crippen LogP contribution is -2.45. The van der Waals surface area contributed by atoms with Gasteiger partial charge in [-0.15, -0.1) is 0 Å².